The second-order valence-corrected chi connectivity index (χ2v) is 8.74. The van der Waals surface area contributed by atoms with Crippen LogP contribution in [0.4, 0.5) is 0 Å². The predicted octanol–water partition coefficient (Wildman–Crippen LogP) is 4.92. The van der Waals surface area contributed by atoms with E-state index in [1.54, 1.807) is 11.6 Å². The number of aromatic nitrogens is 4. The summed E-state index contributed by atoms with van der Waals surface area (Å²) in [6.45, 7) is 5.99. The first-order valence-electron chi connectivity index (χ1n) is 10.8. The zero-order valence-electron chi connectivity index (χ0n) is 19.2. The van der Waals surface area contributed by atoms with E-state index < -0.39 is 0 Å². The van der Waals surface area contributed by atoms with Crippen LogP contribution in [0, 0.1) is 13.8 Å². The molecule has 0 aliphatic heterocycles. The lowest BCUT2D eigenvalue weighted by Gasteiger charge is -2.19. The van der Waals surface area contributed by atoms with Gasteiger partial charge in [0.1, 0.15) is 5.75 Å². The summed E-state index contributed by atoms with van der Waals surface area (Å²) in [7, 11) is 1.64. The minimum absolute atomic E-state index is 0.0819. The number of methoxy groups -OCH3 is 1. The van der Waals surface area contributed by atoms with Crippen molar-refractivity contribution in [2.24, 2.45) is 0 Å². The van der Waals surface area contributed by atoms with Gasteiger partial charge in [-0.3, -0.25) is 4.79 Å². The Morgan fingerprint density at radius 2 is 1.88 bits per heavy atom. The number of thioether (sulfide) groups is 1. The van der Waals surface area contributed by atoms with Crippen molar-refractivity contribution in [1.82, 2.24) is 24.9 Å². The molecular formula is C25H27N5O2S. The molecule has 4 aromatic rings. The van der Waals surface area contributed by atoms with Gasteiger partial charge in [-0.15, -0.1) is 5.10 Å². The number of rotatable bonds is 8. The fraction of sp³-hybridized carbons (Fsp3) is 0.280. The molecule has 0 saturated carbocycles. The summed E-state index contributed by atoms with van der Waals surface area (Å²) in [6.07, 6.45) is 0.784. The second-order valence-electron chi connectivity index (χ2n) is 7.80. The van der Waals surface area contributed by atoms with Crippen molar-refractivity contribution >= 4 is 23.4 Å². The molecule has 4 rings (SSSR count). The van der Waals surface area contributed by atoms with Crippen molar-refractivity contribution in [2.45, 2.75) is 44.1 Å². The van der Waals surface area contributed by atoms with Gasteiger partial charge in [0.2, 0.25) is 5.16 Å². The molecule has 1 N–H and O–H groups in total. The van der Waals surface area contributed by atoms with Crippen molar-refractivity contribution in [3.63, 3.8) is 0 Å². The Balaban J connectivity index is 1.49. The van der Waals surface area contributed by atoms with Gasteiger partial charge in [-0.05, 0) is 55.7 Å². The van der Waals surface area contributed by atoms with Gasteiger partial charge < -0.3 is 10.1 Å². The average molecular weight is 462 g/mol. The Morgan fingerprint density at radius 3 is 2.61 bits per heavy atom. The molecule has 0 fully saturated rings. The van der Waals surface area contributed by atoms with Crippen molar-refractivity contribution in [1.29, 1.82) is 0 Å². The average Bonchev–Trinajstić information content (AvgIpc) is 3.24. The number of carbonyl (C=O) groups excluding carboxylic acids is 1. The molecule has 0 aliphatic carbocycles. The van der Waals surface area contributed by atoms with Crippen LogP contribution in [0.15, 0.2) is 59.8 Å². The number of nitrogens with one attached hydrogen (secondary N) is 1. The van der Waals surface area contributed by atoms with Crippen LogP contribution >= 0.6 is 11.8 Å². The fourth-order valence-electron chi connectivity index (χ4n) is 3.71. The molecule has 170 valence electrons. The lowest BCUT2D eigenvalue weighted by molar-refractivity contribution is 0.0935. The van der Waals surface area contributed by atoms with Gasteiger partial charge in [0.15, 0.2) is 0 Å². The highest BCUT2D eigenvalue weighted by Crippen LogP contribution is 2.25. The minimum Gasteiger partial charge on any atom is -0.497 e. The summed E-state index contributed by atoms with van der Waals surface area (Å²) in [4.78, 5) is 22.2. The molecule has 0 bridgehead atoms. The Morgan fingerprint density at radius 1 is 1.12 bits per heavy atom. The molecule has 0 radical (unpaired) electrons. The van der Waals surface area contributed by atoms with Gasteiger partial charge >= 0.3 is 0 Å². The van der Waals surface area contributed by atoms with Gasteiger partial charge in [0.05, 0.1) is 13.2 Å². The third-order valence-electron chi connectivity index (χ3n) is 5.45. The molecule has 2 heterocycles. The quantitative estimate of drug-likeness (QED) is 0.375. The van der Waals surface area contributed by atoms with Crippen LogP contribution in [-0.2, 0) is 5.75 Å². The molecule has 1 unspecified atom stereocenters. The molecular weight excluding hydrogens is 434 g/mol. The summed E-state index contributed by atoms with van der Waals surface area (Å²) in [5.41, 5.74) is 4.54. The summed E-state index contributed by atoms with van der Waals surface area (Å²) >= 11 is 1.49. The number of carbonyl (C=O) groups is 1. The van der Waals surface area contributed by atoms with Gasteiger partial charge in [-0.2, -0.15) is 4.98 Å². The van der Waals surface area contributed by atoms with E-state index in [1.165, 1.54) is 11.8 Å². The van der Waals surface area contributed by atoms with Crippen LogP contribution in [0.5, 0.6) is 5.75 Å². The first-order chi connectivity index (χ1) is 16.0. The third kappa shape index (κ3) is 5.17. The van der Waals surface area contributed by atoms with Crippen molar-refractivity contribution in [3.8, 4) is 5.75 Å². The maximum atomic E-state index is 13.2. The monoisotopic (exact) mass is 461 g/mol. The number of hydrogen-bond acceptors (Lipinski definition) is 6. The largest absolute Gasteiger partial charge is 0.497 e. The fourth-order valence-corrected chi connectivity index (χ4v) is 4.53. The summed E-state index contributed by atoms with van der Waals surface area (Å²) in [5, 5.41) is 8.37. The molecule has 1 atom stereocenters. The molecule has 0 spiro atoms. The van der Waals surface area contributed by atoms with Crippen LogP contribution in [-0.4, -0.2) is 32.6 Å². The minimum atomic E-state index is -0.0926. The number of benzene rings is 2. The molecule has 1 amide bonds. The van der Waals surface area contributed by atoms with E-state index >= 15 is 0 Å². The van der Waals surface area contributed by atoms with E-state index in [0.717, 1.165) is 34.7 Å². The predicted molar refractivity (Wildman–Crippen MR) is 130 cm³/mol. The van der Waals surface area contributed by atoms with Crippen molar-refractivity contribution in [3.05, 3.63) is 82.7 Å². The smallest absolute Gasteiger partial charge is 0.253 e. The summed E-state index contributed by atoms with van der Waals surface area (Å²) in [6, 6.07) is 17.4. The van der Waals surface area contributed by atoms with Crippen LogP contribution < -0.4 is 10.1 Å². The number of aryl methyl sites for hydroxylation is 2. The Hall–Kier alpha value is -3.39. The third-order valence-corrected chi connectivity index (χ3v) is 6.34. The first kappa shape index (κ1) is 22.8. The van der Waals surface area contributed by atoms with Crippen molar-refractivity contribution in [2.75, 3.05) is 7.11 Å². The molecule has 2 aromatic heterocycles. The second kappa shape index (κ2) is 10.0. The van der Waals surface area contributed by atoms with Crippen LogP contribution in [0.1, 0.15) is 52.3 Å². The van der Waals surface area contributed by atoms with Gasteiger partial charge in [-0.1, -0.05) is 49.0 Å². The molecule has 8 heteroatoms. The number of fused-ring (bicyclic) bond motifs is 1. The lowest BCUT2D eigenvalue weighted by Crippen LogP contribution is -2.28. The van der Waals surface area contributed by atoms with Crippen LogP contribution in [0.2, 0.25) is 0 Å². The van der Waals surface area contributed by atoms with Gasteiger partial charge in [0, 0.05) is 22.7 Å². The summed E-state index contributed by atoms with van der Waals surface area (Å²) in [5.74, 6) is 1.87. The first-order valence-corrected chi connectivity index (χ1v) is 11.8. The standard InChI is InChI=1S/C25H27N5O2S/c1-5-22(18-10-12-20(32-4)13-11-18)27-23(31)21-9-7-6-8-19(21)15-33-25-28-24-26-16(2)14-17(3)30(24)29-25/h6-14,22H,5,15H2,1-4H3,(H,27,31). The van der Waals surface area contributed by atoms with Crippen LogP contribution in [0.25, 0.3) is 5.78 Å². The lowest BCUT2D eigenvalue weighted by atomic mass is 10.0. The normalized spacial score (nSPS) is 12.0. The van der Waals surface area contributed by atoms with E-state index in [-0.39, 0.29) is 11.9 Å². The van der Waals surface area contributed by atoms with E-state index in [4.69, 9.17) is 4.74 Å². The highest BCUT2D eigenvalue weighted by atomic mass is 32.2. The molecule has 0 saturated heterocycles. The molecule has 7 nitrogen and oxygen atoms in total. The van der Waals surface area contributed by atoms with E-state index in [9.17, 15) is 4.79 Å². The van der Waals surface area contributed by atoms with Crippen LogP contribution in [0.3, 0.4) is 0 Å². The molecule has 0 aliphatic rings. The Kier molecular flexibility index (Phi) is 6.93. The Bertz CT molecular complexity index is 1270. The highest BCUT2D eigenvalue weighted by molar-refractivity contribution is 7.98. The number of hydrogen-bond donors (Lipinski definition) is 1. The maximum Gasteiger partial charge on any atom is 0.253 e. The number of ether oxygens (including phenoxy) is 1. The topological polar surface area (TPSA) is 81.4 Å². The Labute approximate surface area is 197 Å². The van der Waals surface area contributed by atoms with Crippen molar-refractivity contribution < 1.29 is 9.53 Å². The zero-order valence-corrected chi connectivity index (χ0v) is 20.0. The van der Waals surface area contributed by atoms with Gasteiger partial charge in [-0.25, -0.2) is 9.50 Å². The summed E-state index contributed by atoms with van der Waals surface area (Å²) < 4.78 is 6.98. The number of nitrogens with zero attached hydrogens (tertiary/aromatic N) is 4. The zero-order chi connectivity index (χ0) is 23.4. The molecule has 2 aromatic carbocycles. The number of amides is 1. The van der Waals surface area contributed by atoms with E-state index in [2.05, 4.69) is 27.3 Å². The van der Waals surface area contributed by atoms with E-state index in [0.29, 0.717) is 22.3 Å². The molecule has 33 heavy (non-hydrogen) atoms. The van der Waals surface area contributed by atoms with E-state index in [1.807, 2.05) is 68.4 Å². The SMILES string of the molecule is CCC(NC(=O)c1ccccc1CSc1nc2nc(C)cc(C)n2n1)c1ccc(OC)cc1. The maximum absolute atomic E-state index is 13.2. The highest BCUT2D eigenvalue weighted by Gasteiger charge is 2.17. The van der Waals surface area contributed by atoms with Gasteiger partial charge in [0.25, 0.3) is 11.7 Å².